The third-order valence-corrected chi connectivity index (χ3v) is 3.84. The zero-order valence-electron chi connectivity index (χ0n) is 10.4. The van der Waals surface area contributed by atoms with Crippen molar-refractivity contribution < 1.29 is 9.59 Å². The lowest BCUT2D eigenvalue weighted by molar-refractivity contribution is -0.126. The predicted molar refractivity (Wildman–Crippen MR) is 63.0 cm³/mol. The second-order valence-electron chi connectivity index (χ2n) is 5.70. The molecule has 2 nitrogen and oxygen atoms in total. The average Bonchev–Trinajstić information content (AvgIpc) is 2.59. The van der Waals surface area contributed by atoms with Crippen molar-refractivity contribution in [2.75, 3.05) is 0 Å². The van der Waals surface area contributed by atoms with Crippen LogP contribution in [0.2, 0.25) is 0 Å². The van der Waals surface area contributed by atoms with Crippen LogP contribution in [0.5, 0.6) is 0 Å². The normalized spacial score (nSPS) is 31.9. The van der Waals surface area contributed by atoms with E-state index in [2.05, 4.69) is 13.8 Å². The monoisotopic (exact) mass is 218 g/mol. The van der Waals surface area contributed by atoms with Gasteiger partial charge < -0.3 is 0 Å². The highest BCUT2D eigenvalue weighted by molar-refractivity contribution is 6.07. The first-order valence-electron chi connectivity index (χ1n) is 5.74. The molecule has 0 amide bonds. The minimum atomic E-state index is -0.588. The van der Waals surface area contributed by atoms with Crippen molar-refractivity contribution in [1.29, 1.82) is 0 Å². The van der Waals surface area contributed by atoms with Crippen LogP contribution in [-0.2, 0) is 9.59 Å². The molecule has 2 aliphatic carbocycles. The molecule has 1 atom stereocenters. The molecule has 0 N–H and O–H groups in total. The molecule has 0 saturated carbocycles. The molecule has 1 spiro atoms. The van der Waals surface area contributed by atoms with Crippen LogP contribution in [0, 0.1) is 10.8 Å². The van der Waals surface area contributed by atoms with Crippen molar-refractivity contribution in [3.05, 3.63) is 23.3 Å². The van der Waals surface area contributed by atoms with E-state index in [0.29, 0.717) is 12.0 Å². The summed E-state index contributed by atoms with van der Waals surface area (Å²) in [5.74, 6) is 0.227. The molecule has 0 aromatic heterocycles. The van der Waals surface area contributed by atoms with E-state index in [9.17, 15) is 9.59 Å². The first-order chi connectivity index (χ1) is 7.29. The van der Waals surface area contributed by atoms with E-state index in [1.165, 1.54) is 0 Å². The van der Waals surface area contributed by atoms with Gasteiger partial charge in [-0.1, -0.05) is 31.6 Å². The quantitative estimate of drug-likeness (QED) is 0.634. The summed E-state index contributed by atoms with van der Waals surface area (Å²) in [6.07, 6.45) is 5.19. The first-order valence-corrected chi connectivity index (χ1v) is 5.74. The second kappa shape index (κ2) is 3.16. The third kappa shape index (κ3) is 1.32. The van der Waals surface area contributed by atoms with E-state index in [1.807, 2.05) is 19.1 Å². The Morgan fingerprint density at radius 1 is 1.38 bits per heavy atom. The number of rotatable bonds is 1. The second-order valence-corrected chi connectivity index (χ2v) is 5.70. The summed E-state index contributed by atoms with van der Waals surface area (Å²) in [7, 11) is 0. The Morgan fingerprint density at radius 2 is 2.00 bits per heavy atom. The molecule has 0 aromatic rings. The maximum Gasteiger partial charge on any atom is 0.156 e. The molecular formula is C14H18O2. The zero-order valence-corrected chi connectivity index (χ0v) is 10.4. The Morgan fingerprint density at radius 3 is 2.44 bits per heavy atom. The minimum Gasteiger partial charge on any atom is -0.298 e. The van der Waals surface area contributed by atoms with Gasteiger partial charge in [0.15, 0.2) is 11.6 Å². The van der Waals surface area contributed by atoms with Crippen LogP contribution in [-0.4, -0.2) is 11.6 Å². The number of carbonyl (C=O) groups excluding carboxylic acids is 2. The van der Waals surface area contributed by atoms with E-state index in [0.717, 1.165) is 12.0 Å². The highest BCUT2D eigenvalue weighted by Crippen LogP contribution is 2.55. The molecule has 2 heteroatoms. The summed E-state index contributed by atoms with van der Waals surface area (Å²) in [5.41, 5.74) is 1.13. The van der Waals surface area contributed by atoms with Crippen LogP contribution in [0.1, 0.15) is 40.5 Å². The van der Waals surface area contributed by atoms with Gasteiger partial charge >= 0.3 is 0 Å². The van der Waals surface area contributed by atoms with E-state index >= 15 is 0 Å². The van der Waals surface area contributed by atoms with Gasteiger partial charge in [0.1, 0.15) is 0 Å². The number of hydrogen-bond acceptors (Lipinski definition) is 2. The Balaban J connectivity index is 2.59. The molecule has 0 aromatic carbocycles. The maximum absolute atomic E-state index is 12.2. The molecule has 2 aliphatic rings. The van der Waals surface area contributed by atoms with Gasteiger partial charge in [-0.3, -0.25) is 9.59 Å². The summed E-state index contributed by atoms with van der Waals surface area (Å²) in [5, 5.41) is 0. The summed E-state index contributed by atoms with van der Waals surface area (Å²) in [4.78, 5) is 23.9. The van der Waals surface area contributed by atoms with E-state index in [1.54, 1.807) is 6.92 Å². The van der Waals surface area contributed by atoms with Gasteiger partial charge in [-0.2, -0.15) is 0 Å². The summed E-state index contributed by atoms with van der Waals surface area (Å²) in [6, 6.07) is 0. The Kier molecular flexibility index (Phi) is 2.23. The van der Waals surface area contributed by atoms with Gasteiger partial charge in [-0.25, -0.2) is 0 Å². The smallest absolute Gasteiger partial charge is 0.156 e. The SMILES string of the molecule is CC(=O)C1=CC(C)(C)C[C@]12C(=O)CC=C2C. The summed E-state index contributed by atoms with van der Waals surface area (Å²) >= 11 is 0. The standard InChI is InChI=1S/C14H18O2/c1-9-5-6-12(16)14(9)8-13(3,4)7-11(14)10(2)15/h5,7H,6,8H2,1-4H3/t14-/m1/s1. The molecule has 0 radical (unpaired) electrons. The van der Waals surface area contributed by atoms with E-state index in [4.69, 9.17) is 0 Å². The van der Waals surface area contributed by atoms with Crippen LogP contribution in [0.3, 0.4) is 0 Å². The van der Waals surface area contributed by atoms with Gasteiger partial charge in [-0.15, -0.1) is 0 Å². The average molecular weight is 218 g/mol. The number of hydrogen-bond donors (Lipinski definition) is 0. The molecule has 0 unspecified atom stereocenters. The van der Waals surface area contributed by atoms with Crippen LogP contribution in [0.25, 0.3) is 0 Å². The molecule has 0 bridgehead atoms. The van der Waals surface area contributed by atoms with Crippen LogP contribution >= 0.6 is 0 Å². The molecular weight excluding hydrogens is 200 g/mol. The van der Waals surface area contributed by atoms with E-state index < -0.39 is 5.41 Å². The predicted octanol–water partition coefficient (Wildman–Crippen LogP) is 2.84. The fraction of sp³-hybridized carbons (Fsp3) is 0.571. The molecule has 2 rings (SSSR count). The van der Waals surface area contributed by atoms with Crippen LogP contribution < -0.4 is 0 Å². The fourth-order valence-corrected chi connectivity index (χ4v) is 3.16. The van der Waals surface area contributed by atoms with Crippen molar-refractivity contribution in [3.8, 4) is 0 Å². The van der Waals surface area contributed by atoms with E-state index in [-0.39, 0.29) is 17.0 Å². The molecule has 0 heterocycles. The number of allylic oxidation sites excluding steroid dienone is 4. The van der Waals surface area contributed by atoms with Crippen molar-refractivity contribution in [2.45, 2.75) is 40.5 Å². The number of Topliss-reactive ketones (excluding diaryl/α,β-unsaturated/α-hetero) is 2. The lowest BCUT2D eigenvalue weighted by Gasteiger charge is -2.29. The van der Waals surface area contributed by atoms with Gasteiger partial charge in [0.05, 0.1) is 5.41 Å². The topological polar surface area (TPSA) is 34.1 Å². The van der Waals surface area contributed by atoms with Gasteiger partial charge in [0, 0.05) is 12.0 Å². The Bertz CT molecular complexity index is 438. The molecule has 0 fully saturated rings. The highest BCUT2D eigenvalue weighted by atomic mass is 16.1. The number of carbonyl (C=O) groups is 2. The van der Waals surface area contributed by atoms with Crippen LogP contribution in [0.15, 0.2) is 23.3 Å². The number of ketones is 2. The molecule has 0 aliphatic heterocycles. The fourth-order valence-electron chi connectivity index (χ4n) is 3.16. The van der Waals surface area contributed by atoms with Gasteiger partial charge in [0.2, 0.25) is 0 Å². The Labute approximate surface area is 96.4 Å². The lowest BCUT2D eigenvalue weighted by Crippen LogP contribution is -2.32. The van der Waals surface area contributed by atoms with Gasteiger partial charge in [0.25, 0.3) is 0 Å². The van der Waals surface area contributed by atoms with Gasteiger partial charge in [-0.05, 0) is 25.7 Å². The minimum absolute atomic E-state index is 0.0357. The lowest BCUT2D eigenvalue weighted by atomic mass is 9.71. The summed E-state index contributed by atoms with van der Waals surface area (Å²) < 4.78 is 0. The Hall–Kier alpha value is -1.18. The van der Waals surface area contributed by atoms with Crippen molar-refractivity contribution in [2.24, 2.45) is 10.8 Å². The maximum atomic E-state index is 12.2. The molecule has 86 valence electrons. The van der Waals surface area contributed by atoms with Crippen molar-refractivity contribution in [3.63, 3.8) is 0 Å². The van der Waals surface area contributed by atoms with Crippen molar-refractivity contribution >= 4 is 11.6 Å². The van der Waals surface area contributed by atoms with Crippen LogP contribution in [0.4, 0.5) is 0 Å². The summed E-state index contributed by atoms with van der Waals surface area (Å²) in [6.45, 7) is 7.71. The third-order valence-electron chi connectivity index (χ3n) is 3.84. The molecule has 16 heavy (non-hydrogen) atoms. The van der Waals surface area contributed by atoms with Crippen molar-refractivity contribution in [1.82, 2.24) is 0 Å². The molecule has 0 saturated heterocycles. The largest absolute Gasteiger partial charge is 0.298 e. The highest BCUT2D eigenvalue weighted by Gasteiger charge is 2.53. The zero-order chi connectivity index (χ0) is 12.1. The first kappa shape index (κ1) is 11.3.